The smallest absolute Gasteiger partial charge is 0.289 e. The minimum absolute atomic E-state index is 0.148. The maximum Gasteiger partial charge on any atom is 0.289 e. The van der Waals surface area contributed by atoms with Crippen molar-refractivity contribution in [2.24, 2.45) is 0 Å². The van der Waals surface area contributed by atoms with Gasteiger partial charge in [0.25, 0.3) is 5.91 Å². The van der Waals surface area contributed by atoms with E-state index in [0.29, 0.717) is 5.25 Å². The number of carbonyl (C=O) groups excluding carboxylic acids is 3. The van der Waals surface area contributed by atoms with E-state index in [1.807, 2.05) is 23.7 Å². The molecule has 0 aromatic rings. The zero-order chi connectivity index (χ0) is 16.5. The number of hydrogen-bond donors (Lipinski definition) is 3. The van der Waals surface area contributed by atoms with Gasteiger partial charge in [0.15, 0.2) is 0 Å². The number of nitrogens with zero attached hydrogens (tertiary/aromatic N) is 1. The first-order valence-electron chi connectivity index (χ1n) is 7.43. The maximum absolute atomic E-state index is 11.8. The van der Waals surface area contributed by atoms with Crippen LogP contribution in [0.1, 0.15) is 19.8 Å². The summed E-state index contributed by atoms with van der Waals surface area (Å²) in [4.78, 5) is 36.6. The van der Waals surface area contributed by atoms with E-state index in [1.165, 1.54) is 0 Å². The van der Waals surface area contributed by atoms with Gasteiger partial charge in [-0.15, -0.1) is 0 Å². The summed E-state index contributed by atoms with van der Waals surface area (Å²) >= 11 is 5.97. The number of thioether (sulfide) groups is 1. The molecule has 0 heterocycles. The molecule has 1 aliphatic rings. The first kappa shape index (κ1) is 19.3. The van der Waals surface area contributed by atoms with Crippen LogP contribution in [0.2, 0.25) is 0 Å². The molecular weight excluding hydrogens is 322 g/mol. The van der Waals surface area contributed by atoms with Gasteiger partial charge >= 0.3 is 0 Å². The minimum Gasteiger partial charge on any atom is -0.347 e. The normalized spacial score (nSPS) is 15.5. The highest BCUT2D eigenvalue weighted by molar-refractivity contribution is 8.00. The average Bonchev–Trinajstić information content (AvgIpc) is 3.26. The van der Waals surface area contributed by atoms with Crippen LogP contribution < -0.4 is 10.6 Å². The molecule has 0 bridgehead atoms. The molecule has 0 spiro atoms. The Bertz CT molecular complexity index is 403. The van der Waals surface area contributed by atoms with Crippen molar-refractivity contribution >= 4 is 42.0 Å². The summed E-state index contributed by atoms with van der Waals surface area (Å²) in [5.41, 5.74) is 0. The molecule has 2 N–H and O–H groups in total. The van der Waals surface area contributed by atoms with E-state index in [1.54, 1.807) is 0 Å². The van der Waals surface area contributed by atoms with Crippen molar-refractivity contribution < 1.29 is 14.4 Å². The number of thiol groups is 1. The van der Waals surface area contributed by atoms with Crippen molar-refractivity contribution in [2.75, 3.05) is 38.2 Å². The van der Waals surface area contributed by atoms with Crippen LogP contribution in [-0.2, 0) is 14.4 Å². The van der Waals surface area contributed by atoms with E-state index in [4.69, 9.17) is 0 Å². The molecule has 2 amide bonds. The fraction of sp³-hybridized carbons (Fsp3) is 0.786. The number of nitrogens with one attached hydrogen (secondary N) is 2. The van der Waals surface area contributed by atoms with Crippen LogP contribution in [0.4, 0.5) is 0 Å². The van der Waals surface area contributed by atoms with Gasteiger partial charge in [-0.2, -0.15) is 24.4 Å². The van der Waals surface area contributed by atoms with Gasteiger partial charge in [-0.3, -0.25) is 19.3 Å². The van der Waals surface area contributed by atoms with E-state index in [-0.39, 0.29) is 25.0 Å². The number of likely N-dealkylation sites (N-methyl/N-ethyl adjacent to an activating group) is 1. The molecule has 0 aromatic carbocycles. The summed E-state index contributed by atoms with van der Waals surface area (Å²) in [5, 5.41) is 5.51. The van der Waals surface area contributed by atoms with Gasteiger partial charge in [0.2, 0.25) is 11.7 Å². The fourth-order valence-corrected chi connectivity index (χ4v) is 3.05. The van der Waals surface area contributed by atoms with Crippen LogP contribution in [0.25, 0.3) is 0 Å². The second-order valence-electron chi connectivity index (χ2n) is 5.55. The number of Topliss-reactive ketones (excluding diaryl/α,β-unsaturated/α-hetero) is 1. The Morgan fingerprint density at radius 3 is 2.64 bits per heavy atom. The molecule has 1 atom stereocenters. The van der Waals surface area contributed by atoms with Gasteiger partial charge in [-0.1, -0.05) is 6.92 Å². The molecule has 1 fully saturated rings. The highest BCUT2D eigenvalue weighted by atomic mass is 32.2. The number of rotatable bonds is 11. The molecule has 1 saturated carbocycles. The number of carbonyl (C=O) groups is 3. The fourth-order valence-electron chi connectivity index (χ4n) is 1.86. The van der Waals surface area contributed by atoms with E-state index < -0.39 is 11.7 Å². The number of amides is 2. The first-order chi connectivity index (χ1) is 10.4. The second-order valence-corrected chi connectivity index (χ2v) is 7.54. The van der Waals surface area contributed by atoms with Crippen molar-refractivity contribution in [3.63, 3.8) is 0 Å². The predicted molar refractivity (Wildman–Crippen MR) is 92.5 cm³/mol. The lowest BCUT2D eigenvalue weighted by Crippen LogP contribution is -2.43. The van der Waals surface area contributed by atoms with Gasteiger partial charge in [0.05, 0.1) is 13.1 Å². The van der Waals surface area contributed by atoms with Gasteiger partial charge in [-0.05, 0) is 25.6 Å². The summed E-state index contributed by atoms with van der Waals surface area (Å²) in [5.74, 6) is 0.370. The second kappa shape index (κ2) is 10.1. The standard InChI is InChI=1S/C14H25N3O3S2/c1-10(22-6-5-21)8-17(2)9-13(19)15-7-12(18)14(20)16-11-3-4-11/h10-11,21H,3-9H2,1-2H3,(H,15,19)(H,16,20). The van der Waals surface area contributed by atoms with Crippen LogP contribution in [0, 0.1) is 0 Å². The molecule has 8 heteroatoms. The van der Waals surface area contributed by atoms with Crippen LogP contribution in [0.5, 0.6) is 0 Å². The molecule has 1 aliphatic carbocycles. The third-order valence-corrected chi connectivity index (χ3v) is 4.77. The molecule has 1 rings (SSSR count). The third-order valence-electron chi connectivity index (χ3n) is 3.09. The lowest BCUT2D eigenvalue weighted by atomic mass is 10.3. The average molecular weight is 348 g/mol. The predicted octanol–water partition coefficient (Wildman–Crippen LogP) is -0.0664. The van der Waals surface area contributed by atoms with Crippen LogP contribution in [0.15, 0.2) is 0 Å². The summed E-state index contributed by atoms with van der Waals surface area (Å²) < 4.78 is 0. The molecular formula is C14H25N3O3S2. The lowest BCUT2D eigenvalue weighted by Gasteiger charge is -2.20. The number of hydrogen-bond acceptors (Lipinski definition) is 6. The largest absolute Gasteiger partial charge is 0.347 e. The Morgan fingerprint density at radius 1 is 1.36 bits per heavy atom. The SMILES string of the molecule is CC(CN(C)CC(=O)NCC(=O)C(=O)NC1CC1)SCCS. The van der Waals surface area contributed by atoms with Crippen LogP contribution in [-0.4, -0.2) is 72.0 Å². The Balaban J connectivity index is 2.15. The summed E-state index contributed by atoms with van der Waals surface area (Å²) in [6.45, 7) is 2.86. The van der Waals surface area contributed by atoms with Crippen LogP contribution in [0.3, 0.4) is 0 Å². The van der Waals surface area contributed by atoms with Crippen molar-refractivity contribution in [3.05, 3.63) is 0 Å². The maximum atomic E-state index is 11.8. The Morgan fingerprint density at radius 2 is 2.05 bits per heavy atom. The zero-order valence-electron chi connectivity index (χ0n) is 13.1. The van der Waals surface area contributed by atoms with E-state index in [2.05, 4.69) is 30.2 Å². The molecule has 126 valence electrons. The topological polar surface area (TPSA) is 78.5 Å². The zero-order valence-corrected chi connectivity index (χ0v) is 14.8. The van der Waals surface area contributed by atoms with E-state index >= 15 is 0 Å². The molecule has 0 radical (unpaired) electrons. The van der Waals surface area contributed by atoms with Crippen molar-refractivity contribution in [1.82, 2.24) is 15.5 Å². The summed E-state index contributed by atoms with van der Waals surface area (Å²) in [6.07, 6.45) is 1.86. The van der Waals surface area contributed by atoms with E-state index in [0.717, 1.165) is 30.9 Å². The highest BCUT2D eigenvalue weighted by Gasteiger charge is 2.26. The van der Waals surface area contributed by atoms with Gasteiger partial charge in [0, 0.05) is 23.6 Å². The van der Waals surface area contributed by atoms with E-state index in [9.17, 15) is 14.4 Å². The third kappa shape index (κ3) is 8.65. The summed E-state index contributed by atoms with van der Waals surface area (Å²) in [6, 6.07) is 0.148. The Kier molecular flexibility index (Phi) is 8.89. The molecule has 22 heavy (non-hydrogen) atoms. The Labute approximate surface area is 141 Å². The monoisotopic (exact) mass is 347 g/mol. The van der Waals surface area contributed by atoms with Gasteiger partial charge in [-0.25, -0.2) is 0 Å². The highest BCUT2D eigenvalue weighted by Crippen LogP contribution is 2.18. The van der Waals surface area contributed by atoms with Crippen molar-refractivity contribution in [3.8, 4) is 0 Å². The molecule has 6 nitrogen and oxygen atoms in total. The van der Waals surface area contributed by atoms with Gasteiger partial charge in [0.1, 0.15) is 0 Å². The minimum atomic E-state index is -0.604. The molecule has 0 aliphatic heterocycles. The molecule has 0 saturated heterocycles. The van der Waals surface area contributed by atoms with Crippen molar-refractivity contribution in [1.29, 1.82) is 0 Å². The van der Waals surface area contributed by atoms with Crippen molar-refractivity contribution in [2.45, 2.75) is 31.1 Å². The lowest BCUT2D eigenvalue weighted by molar-refractivity contribution is -0.138. The summed E-state index contributed by atoms with van der Waals surface area (Å²) in [7, 11) is 1.86. The molecule has 1 unspecified atom stereocenters. The molecule has 0 aromatic heterocycles. The van der Waals surface area contributed by atoms with Crippen LogP contribution >= 0.6 is 24.4 Å². The quantitative estimate of drug-likeness (QED) is 0.360. The number of ketones is 1. The Hall–Kier alpha value is -0.730. The van der Waals surface area contributed by atoms with Gasteiger partial charge < -0.3 is 10.6 Å². The first-order valence-corrected chi connectivity index (χ1v) is 9.12.